The fraction of sp³-hybridized carbons (Fsp3) is 0.475. The Labute approximate surface area is 668 Å². The predicted octanol–water partition coefficient (Wildman–Crippen LogP) is 20.4. The molecule has 654 valence electrons. The third kappa shape index (κ3) is 25.9. The molecule has 0 radical (unpaired) electrons. The Morgan fingerprint density at radius 3 is 0.840 bits per heavy atom. The summed E-state index contributed by atoms with van der Waals surface area (Å²) in [6.07, 6.45) is -33.4. The summed E-state index contributed by atoms with van der Waals surface area (Å²) in [7, 11) is 3.75. The van der Waals surface area contributed by atoms with Gasteiger partial charge in [-0.05, 0) is 207 Å². The molecule has 6 aromatic carbocycles. The van der Waals surface area contributed by atoms with Gasteiger partial charge in [0.2, 0.25) is 17.7 Å². The first kappa shape index (κ1) is 96.0. The van der Waals surface area contributed by atoms with Gasteiger partial charge in [0.25, 0.3) is 0 Å². The first-order valence-corrected chi connectivity index (χ1v) is 36.9. The van der Waals surface area contributed by atoms with Crippen molar-refractivity contribution in [3.63, 3.8) is 0 Å². The number of hydrogen-bond acceptors (Lipinski definition) is 6. The van der Waals surface area contributed by atoms with Crippen LogP contribution in [0.15, 0.2) is 109 Å². The van der Waals surface area contributed by atoms with Crippen LogP contribution in [-0.2, 0) is 71.1 Å². The number of carbonyl (C=O) groups is 6. The summed E-state index contributed by atoms with van der Waals surface area (Å²) in [4.78, 5) is 84.1. The maximum atomic E-state index is 13.8. The Kier molecular flexibility index (Phi) is 30.7. The maximum absolute atomic E-state index is 13.8. The Morgan fingerprint density at radius 2 is 0.622 bits per heavy atom. The lowest BCUT2D eigenvalue weighted by Crippen LogP contribution is -2.52. The smallest absolute Gasteiger partial charge is 0.353 e. The number of urea groups is 3. The van der Waals surface area contributed by atoms with Gasteiger partial charge in [-0.25, -0.2) is 27.6 Å². The molecule has 119 heavy (non-hydrogen) atoms. The van der Waals surface area contributed by atoms with Gasteiger partial charge in [0, 0.05) is 90.9 Å². The zero-order chi connectivity index (χ0) is 89.5. The van der Waals surface area contributed by atoms with Crippen LogP contribution in [0.2, 0.25) is 0 Å². The number of likely N-dealkylation sites (tertiary alicyclic amines) is 3. The molecule has 1 unspecified atom stereocenters. The molecular weight excluding hydrogens is 1640 g/mol. The van der Waals surface area contributed by atoms with Gasteiger partial charge >= 0.3 is 61.3 Å². The minimum absolute atomic E-state index is 0.00835. The molecule has 6 aromatic rings. The molecule has 3 saturated heterocycles. The lowest BCUT2D eigenvalue weighted by Gasteiger charge is -2.42. The average Bonchev–Trinajstić information content (AvgIpc) is 0.798. The minimum atomic E-state index is -5.08. The van der Waals surface area contributed by atoms with Gasteiger partial charge in [0.05, 0.1) is 51.5 Å². The molecule has 3 fully saturated rings. The first-order valence-electron chi connectivity index (χ1n) is 36.9. The van der Waals surface area contributed by atoms with Crippen molar-refractivity contribution in [2.24, 2.45) is 11.8 Å². The van der Waals surface area contributed by atoms with Gasteiger partial charge in [0.15, 0.2) is 0 Å². The summed E-state index contributed by atoms with van der Waals surface area (Å²) < 4.78 is 320. The van der Waals surface area contributed by atoms with Crippen molar-refractivity contribution in [2.45, 2.75) is 193 Å². The van der Waals surface area contributed by atoms with Crippen molar-refractivity contribution in [3.05, 3.63) is 210 Å². The number of rotatable bonds is 15. The second-order valence-corrected chi connectivity index (χ2v) is 29.8. The lowest BCUT2D eigenvalue weighted by molar-refractivity contribution is -0.179. The van der Waals surface area contributed by atoms with Gasteiger partial charge in [0.1, 0.15) is 23.4 Å². The summed E-state index contributed by atoms with van der Waals surface area (Å²) >= 11 is 0. The van der Waals surface area contributed by atoms with E-state index in [9.17, 15) is 134 Å². The number of benzene rings is 6. The van der Waals surface area contributed by atoms with Gasteiger partial charge in [-0.3, -0.25) is 14.4 Å². The van der Waals surface area contributed by atoms with E-state index < -0.39 is 173 Å². The van der Waals surface area contributed by atoms with Crippen molar-refractivity contribution in [1.29, 1.82) is 0 Å². The van der Waals surface area contributed by atoms with Crippen molar-refractivity contribution in [2.75, 3.05) is 40.8 Å². The number of halogens is 24. The first-order chi connectivity index (χ1) is 54.7. The highest BCUT2D eigenvalue weighted by molar-refractivity contribution is 5.80. The largest absolute Gasteiger partial charge is 0.416 e. The molecule has 39 heteroatoms. The maximum Gasteiger partial charge on any atom is 0.416 e. The Balaban J connectivity index is 0.000000247. The number of nitrogens with zero attached hydrogens (tertiary/aromatic N) is 6. The third-order valence-corrected chi connectivity index (χ3v) is 20.3. The normalized spacial score (nSPS) is 18.5. The summed E-state index contributed by atoms with van der Waals surface area (Å²) in [6, 6.07) is 9.64. The molecule has 15 nitrogen and oxygen atoms in total. The van der Waals surface area contributed by atoms with Gasteiger partial charge in [-0.2, -0.15) is 92.2 Å². The van der Waals surface area contributed by atoms with Crippen LogP contribution in [0.1, 0.15) is 174 Å². The topological polar surface area (TPSA) is 158 Å². The summed E-state index contributed by atoms with van der Waals surface area (Å²) in [5.74, 6) is -5.74. The van der Waals surface area contributed by atoms with E-state index in [-0.39, 0.29) is 98.0 Å². The number of carbonyl (C=O) groups excluding carboxylic acids is 6. The highest BCUT2D eigenvalue weighted by Gasteiger charge is 2.46. The number of piperidine rings is 3. The molecule has 3 aliphatic rings. The monoisotopic (exact) mass is 1720 g/mol. The van der Waals surface area contributed by atoms with Gasteiger partial charge < -0.3 is 45.3 Å². The van der Waals surface area contributed by atoms with E-state index in [1.165, 1.54) is 85.2 Å². The third-order valence-electron chi connectivity index (χ3n) is 20.3. The number of nitrogens with one attached hydrogen (secondary N) is 3. The highest BCUT2D eigenvalue weighted by atomic mass is 19.4. The molecule has 0 aromatic heterocycles. The zero-order valence-electron chi connectivity index (χ0n) is 65.4. The molecule has 0 saturated carbocycles. The molecular formula is C80H85F24N9O6. The Morgan fingerprint density at radius 1 is 0.378 bits per heavy atom. The second-order valence-electron chi connectivity index (χ2n) is 29.8. The van der Waals surface area contributed by atoms with Crippen LogP contribution in [0.5, 0.6) is 0 Å². The Hall–Kier alpha value is -10.1. The van der Waals surface area contributed by atoms with Crippen LogP contribution in [-0.4, -0.2) is 130 Å². The standard InChI is InChI=1S/C27H27F10N3O2.C27H30F7N3O2.C26H28F7N3O2/c1-14-8-19(28)4-5-21(14)22-12-20(38-23(41)15(2)25(29,30)31)6-7-40(22)24(42)39(3)13-16-9-17(26(32,33)34)11-18(10-16)27(35,36)37;1-15(2)24(38)35-21-7-8-37(23(13-21)22-6-5-20(28)9-16(22)3)25(39)36(4)14-17-10-18(26(29,30)31)12-19(11-17)27(32,33)34;1-4-23(37)34-20-7-8-36(22(13-20)21-6-5-19(27)9-15(21)2)24(38)35(3)14-16-10-17(25(28,29)30)12-18(11-16)26(31,32)33/h4-5,8-11,15,20,22H,6-7,12-13H2,1-3H3,(H,38,41);5-6,9-12,15,21,23H,7-8,13-14H2,1-4H3,(H,35,38);5-6,9-12,20,22H,4,7-8,13-14H2,1-3H3,(H,34,37)/t15?,20-,22-;21-,23-;20-,22+/m101/s1. The highest BCUT2D eigenvalue weighted by Crippen LogP contribution is 2.44. The molecule has 7 atom stereocenters. The second kappa shape index (κ2) is 38.1. The van der Waals surface area contributed by atoms with Crippen molar-refractivity contribution in [1.82, 2.24) is 45.3 Å². The zero-order valence-corrected chi connectivity index (χ0v) is 65.4. The molecule has 0 aliphatic carbocycles. The van der Waals surface area contributed by atoms with Crippen LogP contribution < -0.4 is 16.0 Å². The van der Waals surface area contributed by atoms with E-state index in [1.54, 1.807) is 34.6 Å². The van der Waals surface area contributed by atoms with E-state index in [2.05, 4.69) is 16.0 Å². The molecule has 0 bridgehead atoms. The van der Waals surface area contributed by atoms with Crippen LogP contribution >= 0.6 is 0 Å². The molecule has 3 heterocycles. The van der Waals surface area contributed by atoms with E-state index in [0.29, 0.717) is 102 Å². The van der Waals surface area contributed by atoms with Crippen LogP contribution in [0.3, 0.4) is 0 Å². The molecule has 3 N–H and O–H groups in total. The van der Waals surface area contributed by atoms with E-state index in [1.807, 2.05) is 0 Å². The lowest BCUT2D eigenvalue weighted by atomic mass is 9.89. The van der Waals surface area contributed by atoms with Gasteiger partial charge in [-0.15, -0.1) is 0 Å². The van der Waals surface area contributed by atoms with Gasteiger partial charge in [-0.1, -0.05) is 39.0 Å². The van der Waals surface area contributed by atoms with Crippen LogP contribution in [0.25, 0.3) is 0 Å². The molecule has 3 aliphatic heterocycles. The van der Waals surface area contributed by atoms with Crippen molar-refractivity contribution >= 4 is 35.8 Å². The molecule has 0 spiro atoms. The van der Waals surface area contributed by atoms with Crippen molar-refractivity contribution < 1.29 is 134 Å². The molecule has 9 amide bonds. The predicted molar refractivity (Wildman–Crippen MR) is 386 cm³/mol. The van der Waals surface area contributed by atoms with Crippen LogP contribution in [0, 0.1) is 50.1 Å². The van der Waals surface area contributed by atoms with Crippen molar-refractivity contribution in [3.8, 4) is 0 Å². The number of amides is 9. The fourth-order valence-electron chi connectivity index (χ4n) is 14.1. The summed E-state index contributed by atoms with van der Waals surface area (Å²) in [6.45, 7) is 9.27. The number of aryl methyl sites for hydroxylation is 3. The number of hydrogen-bond donors (Lipinski definition) is 3. The van der Waals surface area contributed by atoms with E-state index in [4.69, 9.17) is 0 Å². The SMILES string of the molecule is CCC(=O)N[C@@H]1CCN(C(=O)N(C)Cc2cc(C(F)(F)F)cc(C(F)(F)F)c2)[C@H](c2ccc(F)cc2C)C1.Cc1cc(F)ccc1[C@@H]1C[C@@H](NC(=O)C(C)C)CCN1C(=O)N(C)Cc1cc(C(F)(F)F)cc(C(F)(F)F)c1.Cc1cc(F)ccc1[C@H]1C[C@H](NC(=O)C(C)C(F)(F)F)CCN1C(=O)N(C)Cc1cc(C(F)(F)F)cc(C(F)(F)F)c1. The summed E-state index contributed by atoms with van der Waals surface area (Å²) in [5.41, 5.74) is -6.89. The average molecular weight is 1720 g/mol. The van der Waals surface area contributed by atoms with E-state index >= 15 is 0 Å². The van der Waals surface area contributed by atoms with E-state index in [0.717, 1.165) is 26.8 Å². The summed E-state index contributed by atoms with van der Waals surface area (Å²) in [5, 5.41) is 8.16. The van der Waals surface area contributed by atoms with Crippen LogP contribution in [0.4, 0.5) is 120 Å². The fourth-order valence-corrected chi connectivity index (χ4v) is 14.1. The Bertz CT molecular complexity index is 4500. The number of alkyl halides is 21. The quantitative estimate of drug-likeness (QED) is 0.0869. The minimum Gasteiger partial charge on any atom is -0.353 e. The molecule has 9 rings (SSSR count).